The Labute approximate surface area is 151 Å². The highest BCUT2D eigenvalue weighted by molar-refractivity contribution is 5.86. The number of imidazole rings is 1. The van der Waals surface area contributed by atoms with Gasteiger partial charge in [-0.05, 0) is 67.1 Å². The van der Waals surface area contributed by atoms with Crippen molar-refractivity contribution < 1.29 is 9.18 Å². The molecule has 2 aromatic carbocycles. The van der Waals surface area contributed by atoms with Crippen LogP contribution in [0.25, 0.3) is 16.9 Å². The van der Waals surface area contributed by atoms with Crippen molar-refractivity contribution in [2.45, 2.75) is 25.7 Å². The van der Waals surface area contributed by atoms with E-state index in [1.54, 1.807) is 18.5 Å². The third-order valence-electron chi connectivity index (χ3n) is 5.81. The quantitative estimate of drug-likeness (QED) is 0.690. The average Bonchev–Trinajstić information content (AvgIpc) is 3.21. The molecule has 4 heteroatoms. The first-order valence-electron chi connectivity index (χ1n) is 9.13. The summed E-state index contributed by atoms with van der Waals surface area (Å²) in [6, 6.07) is 12.8. The van der Waals surface area contributed by atoms with Crippen molar-refractivity contribution in [3.63, 3.8) is 0 Å². The monoisotopic (exact) mass is 346 g/mol. The zero-order valence-corrected chi connectivity index (χ0v) is 14.4. The van der Waals surface area contributed by atoms with Gasteiger partial charge in [0, 0.05) is 29.3 Å². The molecular weight excluding hydrogens is 327 g/mol. The van der Waals surface area contributed by atoms with Gasteiger partial charge in [0.15, 0.2) is 0 Å². The third-order valence-corrected chi connectivity index (χ3v) is 5.81. The van der Waals surface area contributed by atoms with Crippen molar-refractivity contribution in [2.24, 2.45) is 11.8 Å². The van der Waals surface area contributed by atoms with Crippen LogP contribution in [-0.4, -0.2) is 15.3 Å². The SMILES string of the molecule is O=C1[C@@H]2CC[C@H]1Cc1ccc(-c3cn(-c4ccc(F)cc4)cn3)cc1C2. The maximum atomic E-state index is 13.1. The number of Topliss-reactive ketones (excluding diaryl/α,β-unsaturated/α-hetero) is 1. The van der Waals surface area contributed by atoms with Gasteiger partial charge in [0.05, 0.1) is 12.0 Å². The van der Waals surface area contributed by atoms with Gasteiger partial charge in [-0.3, -0.25) is 4.79 Å². The van der Waals surface area contributed by atoms with Crippen LogP contribution in [0.4, 0.5) is 4.39 Å². The maximum absolute atomic E-state index is 13.1. The van der Waals surface area contributed by atoms with E-state index in [0.717, 1.165) is 42.6 Å². The fourth-order valence-electron chi connectivity index (χ4n) is 4.36. The number of nitrogens with zero attached hydrogens (tertiary/aromatic N) is 2. The van der Waals surface area contributed by atoms with E-state index < -0.39 is 0 Å². The lowest BCUT2D eigenvalue weighted by molar-refractivity contribution is -0.123. The van der Waals surface area contributed by atoms with Gasteiger partial charge in [0.1, 0.15) is 11.6 Å². The maximum Gasteiger partial charge on any atom is 0.139 e. The smallest absolute Gasteiger partial charge is 0.139 e. The van der Waals surface area contributed by atoms with E-state index >= 15 is 0 Å². The predicted octanol–water partition coefficient (Wildman–Crippen LogP) is 4.37. The molecule has 3 aromatic rings. The molecule has 130 valence electrons. The second-order valence-corrected chi connectivity index (χ2v) is 7.41. The number of carbonyl (C=O) groups excluding carboxylic acids is 1. The molecule has 2 aliphatic rings. The van der Waals surface area contributed by atoms with Gasteiger partial charge in [-0.15, -0.1) is 0 Å². The van der Waals surface area contributed by atoms with E-state index in [-0.39, 0.29) is 17.7 Å². The van der Waals surface area contributed by atoms with E-state index in [2.05, 4.69) is 23.2 Å². The largest absolute Gasteiger partial charge is 0.306 e. The van der Waals surface area contributed by atoms with Crippen molar-refractivity contribution in [3.8, 4) is 16.9 Å². The molecule has 26 heavy (non-hydrogen) atoms. The number of ketones is 1. The summed E-state index contributed by atoms with van der Waals surface area (Å²) >= 11 is 0. The van der Waals surface area contributed by atoms with Gasteiger partial charge in [0.2, 0.25) is 0 Å². The van der Waals surface area contributed by atoms with Crippen molar-refractivity contribution in [3.05, 3.63) is 71.9 Å². The minimum Gasteiger partial charge on any atom is -0.306 e. The summed E-state index contributed by atoms with van der Waals surface area (Å²) < 4.78 is 15.0. The minimum atomic E-state index is -0.247. The molecule has 0 radical (unpaired) electrons. The molecule has 0 amide bonds. The summed E-state index contributed by atoms with van der Waals surface area (Å²) in [6.45, 7) is 0. The first-order valence-corrected chi connectivity index (χ1v) is 9.13. The standard InChI is InChI=1S/C22H19FN2O/c23-19-5-7-20(8-6-19)25-12-21(24-13-25)15-2-1-14-9-16-3-4-17(22(16)26)11-18(14)10-15/h1-2,5-8,10,12-13,16-17H,3-4,9,11H2/t16-,17+/m0/s1. The fourth-order valence-corrected chi connectivity index (χ4v) is 4.36. The third kappa shape index (κ3) is 2.57. The molecule has 0 spiro atoms. The number of hydrogen-bond acceptors (Lipinski definition) is 2. The summed E-state index contributed by atoms with van der Waals surface area (Å²) in [5.41, 5.74) is 5.43. The lowest BCUT2D eigenvalue weighted by Crippen LogP contribution is -2.13. The highest BCUT2D eigenvalue weighted by Crippen LogP contribution is 2.38. The summed E-state index contributed by atoms with van der Waals surface area (Å²) in [5, 5.41) is 0. The first-order chi connectivity index (χ1) is 12.7. The summed E-state index contributed by atoms with van der Waals surface area (Å²) in [4.78, 5) is 16.9. The lowest BCUT2D eigenvalue weighted by Gasteiger charge is -2.13. The van der Waals surface area contributed by atoms with Crippen molar-refractivity contribution in [1.82, 2.24) is 9.55 Å². The summed E-state index contributed by atoms with van der Waals surface area (Å²) in [6.07, 6.45) is 7.54. The molecule has 1 fully saturated rings. The van der Waals surface area contributed by atoms with Crippen LogP contribution in [-0.2, 0) is 17.6 Å². The van der Waals surface area contributed by atoms with Crippen LogP contribution in [0.2, 0.25) is 0 Å². The van der Waals surface area contributed by atoms with Crippen molar-refractivity contribution >= 4 is 5.78 Å². The molecule has 1 heterocycles. The van der Waals surface area contributed by atoms with E-state index in [9.17, 15) is 9.18 Å². The van der Waals surface area contributed by atoms with E-state index in [1.807, 2.05) is 10.8 Å². The Kier molecular flexibility index (Phi) is 3.52. The fraction of sp³-hybridized carbons (Fsp3) is 0.273. The van der Waals surface area contributed by atoms with Gasteiger partial charge in [-0.1, -0.05) is 12.1 Å². The number of rotatable bonds is 2. The highest BCUT2D eigenvalue weighted by Gasteiger charge is 2.37. The van der Waals surface area contributed by atoms with Crippen molar-refractivity contribution in [1.29, 1.82) is 0 Å². The molecule has 1 saturated carbocycles. The molecule has 0 aliphatic heterocycles. The molecule has 1 aromatic heterocycles. The molecule has 0 saturated heterocycles. The first kappa shape index (κ1) is 15.5. The molecule has 0 unspecified atom stereocenters. The van der Waals surface area contributed by atoms with Gasteiger partial charge in [-0.2, -0.15) is 0 Å². The number of fused-ring (bicyclic) bond motifs is 3. The number of halogens is 1. The highest BCUT2D eigenvalue weighted by atomic mass is 19.1. The van der Waals surface area contributed by atoms with Crippen LogP contribution in [0.1, 0.15) is 24.0 Å². The summed E-state index contributed by atoms with van der Waals surface area (Å²) in [5.74, 6) is 0.644. The zero-order valence-electron chi connectivity index (χ0n) is 14.4. The average molecular weight is 346 g/mol. The van der Waals surface area contributed by atoms with Gasteiger partial charge >= 0.3 is 0 Å². The van der Waals surface area contributed by atoms with Gasteiger partial charge in [0.25, 0.3) is 0 Å². The lowest BCUT2D eigenvalue weighted by atomic mass is 9.91. The van der Waals surface area contributed by atoms with Crippen molar-refractivity contribution in [2.75, 3.05) is 0 Å². The second-order valence-electron chi connectivity index (χ2n) is 7.41. The molecule has 3 nitrogen and oxygen atoms in total. The number of aromatic nitrogens is 2. The van der Waals surface area contributed by atoms with E-state index in [1.165, 1.54) is 23.3 Å². The topological polar surface area (TPSA) is 34.9 Å². The normalized spacial score (nSPS) is 21.5. The molecule has 2 atom stereocenters. The van der Waals surface area contributed by atoms with Crippen LogP contribution < -0.4 is 0 Å². The Bertz CT molecular complexity index is 990. The molecule has 2 aliphatic carbocycles. The second kappa shape index (κ2) is 5.90. The Morgan fingerprint density at radius 2 is 1.69 bits per heavy atom. The molecule has 2 bridgehead atoms. The van der Waals surface area contributed by atoms with Gasteiger partial charge in [-0.25, -0.2) is 9.37 Å². The Morgan fingerprint density at radius 3 is 2.46 bits per heavy atom. The molecule has 5 rings (SSSR count). The summed E-state index contributed by atoms with van der Waals surface area (Å²) in [7, 11) is 0. The number of carbonyl (C=O) groups is 1. The number of hydrogen-bond donors (Lipinski definition) is 0. The van der Waals surface area contributed by atoms with Crippen LogP contribution in [0, 0.1) is 17.7 Å². The minimum absolute atomic E-state index is 0.202. The molecule has 0 N–H and O–H groups in total. The van der Waals surface area contributed by atoms with Crippen LogP contribution >= 0.6 is 0 Å². The number of benzene rings is 2. The van der Waals surface area contributed by atoms with Crippen LogP contribution in [0.15, 0.2) is 55.0 Å². The zero-order chi connectivity index (χ0) is 17.7. The predicted molar refractivity (Wildman–Crippen MR) is 97.6 cm³/mol. The Balaban J connectivity index is 1.48. The van der Waals surface area contributed by atoms with Gasteiger partial charge < -0.3 is 4.57 Å². The molecular formula is C22H19FN2O. The van der Waals surface area contributed by atoms with Crippen LogP contribution in [0.5, 0.6) is 0 Å². The Morgan fingerprint density at radius 1 is 0.962 bits per heavy atom. The van der Waals surface area contributed by atoms with E-state index in [0.29, 0.717) is 5.78 Å². The van der Waals surface area contributed by atoms with E-state index in [4.69, 9.17) is 0 Å². The van der Waals surface area contributed by atoms with Crippen LogP contribution in [0.3, 0.4) is 0 Å². The Hall–Kier alpha value is -2.75.